The molecule has 27 heavy (non-hydrogen) atoms. The number of benzene rings is 1. The second-order valence-electron chi connectivity index (χ2n) is 6.58. The van der Waals surface area contributed by atoms with E-state index in [1.165, 1.54) is 6.07 Å². The molecule has 0 unspecified atom stereocenters. The van der Waals surface area contributed by atoms with Gasteiger partial charge in [0.15, 0.2) is 0 Å². The summed E-state index contributed by atoms with van der Waals surface area (Å²) < 4.78 is 0. The van der Waals surface area contributed by atoms with Gasteiger partial charge in [-0.2, -0.15) is 0 Å². The fourth-order valence-electron chi connectivity index (χ4n) is 3.24. The minimum absolute atomic E-state index is 0.0497. The summed E-state index contributed by atoms with van der Waals surface area (Å²) in [5.41, 5.74) is 2.84. The third kappa shape index (κ3) is 3.19. The minimum Gasteiger partial charge on any atom is -0.507 e. The van der Waals surface area contributed by atoms with Crippen LogP contribution in [0.1, 0.15) is 27.2 Å². The van der Waals surface area contributed by atoms with Crippen molar-refractivity contribution in [1.29, 1.82) is 0 Å². The van der Waals surface area contributed by atoms with Gasteiger partial charge >= 0.3 is 0 Å². The van der Waals surface area contributed by atoms with E-state index in [0.717, 1.165) is 5.56 Å². The maximum absolute atomic E-state index is 12.9. The number of hydrogen-bond acceptors (Lipinski definition) is 5. The Labute approximate surface area is 155 Å². The van der Waals surface area contributed by atoms with Crippen LogP contribution in [-0.2, 0) is 13.0 Å². The van der Waals surface area contributed by atoms with Crippen LogP contribution in [-0.4, -0.2) is 37.4 Å². The SMILES string of the molecule is Cc1ccc(O)c(C(=O)N2CCc3c(nc(-c4cccnc4)[nH]c3=O)C2)c1. The molecule has 1 aliphatic rings. The van der Waals surface area contributed by atoms with Crippen molar-refractivity contribution >= 4 is 5.91 Å². The Bertz CT molecular complexity index is 1080. The highest BCUT2D eigenvalue weighted by atomic mass is 16.3. The number of fused-ring (bicyclic) bond motifs is 1. The molecule has 0 radical (unpaired) electrons. The van der Waals surface area contributed by atoms with Crippen molar-refractivity contribution in [3.8, 4) is 17.1 Å². The fraction of sp³-hybridized carbons (Fsp3) is 0.200. The molecule has 0 bridgehead atoms. The highest BCUT2D eigenvalue weighted by Crippen LogP contribution is 2.24. The van der Waals surface area contributed by atoms with Gasteiger partial charge in [0.05, 0.1) is 17.8 Å². The molecule has 0 fully saturated rings. The Morgan fingerprint density at radius 2 is 2.15 bits per heavy atom. The minimum atomic E-state index is -0.271. The number of nitrogens with one attached hydrogen (secondary N) is 1. The fourth-order valence-corrected chi connectivity index (χ4v) is 3.24. The lowest BCUT2D eigenvalue weighted by molar-refractivity contribution is 0.0728. The molecule has 3 heterocycles. The molecule has 4 rings (SSSR count). The van der Waals surface area contributed by atoms with E-state index in [1.807, 2.05) is 13.0 Å². The lowest BCUT2D eigenvalue weighted by Crippen LogP contribution is -2.39. The smallest absolute Gasteiger partial charge is 0.257 e. The Kier molecular flexibility index (Phi) is 4.19. The molecule has 1 amide bonds. The van der Waals surface area contributed by atoms with Crippen LogP contribution in [0.5, 0.6) is 5.75 Å². The van der Waals surface area contributed by atoms with Crippen molar-refractivity contribution in [1.82, 2.24) is 19.9 Å². The number of pyridine rings is 1. The zero-order valence-corrected chi connectivity index (χ0v) is 14.8. The maximum atomic E-state index is 12.9. The average Bonchev–Trinajstić information content (AvgIpc) is 2.69. The third-order valence-corrected chi connectivity index (χ3v) is 4.68. The molecule has 2 aromatic heterocycles. The van der Waals surface area contributed by atoms with Crippen LogP contribution in [0.15, 0.2) is 47.5 Å². The number of rotatable bonds is 2. The Balaban J connectivity index is 1.68. The predicted octanol–water partition coefficient (Wildman–Crippen LogP) is 2.04. The van der Waals surface area contributed by atoms with Crippen LogP contribution in [0.3, 0.4) is 0 Å². The standard InChI is InChI=1S/C20H18N4O3/c1-12-4-5-17(25)15(9-12)20(27)24-8-6-14-16(11-24)22-18(23-19(14)26)13-3-2-7-21-10-13/h2-5,7,9-10,25H,6,8,11H2,1H3,(H,22,23,26). The van der Waals surface area contributed by atoms with Gasteiger partial charge < -0.3 is 15.0 Å². The van der Waals surface area contributed by atoms with E-state index < -0.39 is 0 Å². The molecule has 0 atom stereocenters. The molecule has 0 saturated carbocycles. The number of phenols is 1. The molecule has 136 valence electrons. The summed E-state index contributed by atoms with van der Waals surface area (Å²) in [7, 11) is 0. The molecule has 7 nitrogen and oxygen atoms in total. The van der Waals surface area contributed by atoms with Gasteiger partial charge in [-0.3, -0.25) is 14.6 Å². The van der Waals surface area contributed by atoms with Gasteiger partial charge in [-0.25, -0.2) is 4.98 Å². The van der Waals surface area contributed by atoms with E-state index in [9.17, 15) is 14.7 Å². The highest BCUT2D eigenvalue weighted by molar-refractivity contribution is 5.97. The van der Waals surface area contributed by atoms with Crippen LogP contribution < -0.4 is 5.56 Å². The lowest BCUT2D eigenvalue weighted by atomic mass is 10.0. The van der Waals surface area contributed by atoms with Crippen molar-refractivity contribution in [3.05, 3.63) is 75.5 Å². The number of carbonyl (C=O) groups is 1. The number of H-pyrrole nitrogens is 1. The van der Waals surface area contributed by atoms with Crippen molar-refractivity contribution in [2.45, 2.75) is 19.9 Å². The number of phenolic OH excluding ortho intramolecular Hbond substituents is 1. The van der Waals surface area contributed by atoms with Crippen LogP contribution in [0.2, 0.25) is 0 Å². The number of amides is 1. The highest BCUT2D eigenvalue weighted by Gasteiger charge is 2.26. The first-order valence-corrected chi connectivity index (χ1v) is 8.64. The quantitative estimate of drug-likeness (QED) is 0.727. The van der Waals surface area contributed by atoms with Gasteiger partial charge in [-0.05, 0) is 37.6 Å². The van der Waals surface area contributed by atoms with Crippen molar-refractivity contribution in [2.75, 3.05) is 6.54 Å². The number of aromatic hydroxyl groups is 1. The Hall–Kier alpha value is -3.48. The van der Waals surface area contributed by atoms with Crippen molar-refractivity contribution in [3.63, 3.8) is 0 Å². The van der Waals surface area contributed by atoms with Gasteiger partial charge in [0, 0.05) is 30.1 Å². The number of nitrogens with zero attached hydrogens (tertiary/aromatic N) is 3. The zero-order chi connectivity index (χ0) is 19.0. The molecule has 0 aliphatic carbocycles. The molecule has 0 saturated heterocycles. The molecule has 1 aliphatic heterocycles. The predicted molar refractivity (Wildman–Crippen MR) is 99.4 cm³/mol. The van der Waals surface area contributed by atoms with Crippen LogP contribution in [0.4, 0.5) is 0 Å². The van der Waals surface area contributed by atoms with Gasteiger partial charge in [-0.15, -0.1) is 0 Å². The summed E-state index contributed by atoms with van der Waals surface area (Å²) in [6, 6.07) is 8.52. The van der Waals surface area contributed by atoms with Gasteiger partial charge in [-0.1, -0.05) is 11.6 Å². The Morgan fingerprint density at radius 1 is 1.30 bits per heavy atom. The first kappa shape index (κ1) is 17.0. The number of hydrogen-bond donors (Lipinski definition) is 2. The zero-order valence-electron chi connectivity index (χ0n) is 14.8. The number of aryl methyl sites for hydroxylation is 1. The summed E-state index contributed by atoms with van der Waals surface area (Å²) in [4.78, 5) is 38.3. The van der Waals surface area contributed by atoms with E-state index in [4.69, 9.17) is 0 Å². The third-order valence-electron chi connectivity index (χ3n) is 4.68. The summed E-state index contributed by atoms with van der Waals surface area (Å²) in [5, 5.41) is 10.0. The average molecular weight is 362 g/mol. The van der Waals surface area contributed by atoms with Crippen LogP contribution >= 0.6 is 0 Å². The van der Waals surface area contributed by atoms with Crippen molar-refractivity contribution in [2.24, 2.45) is 0 Å². The lowest BCUT2D eigenvalue weighted by Gasteiger charge is -2.28. The second kappa shape index (κ2) is 6.68. The summed E-state index contributed by atoms with van der Waals surface area (Å²) in [6.45, 7) is 2.48. The van der Waals surface area contributed by atoms with E-state index in [-0.39, 0.29) is 29.3 Å². The van der Waals surface area contributed by atoms with Gasteiger partial charge in [0.1, 0.15) is 11.6 Å². The molecule has 0 spiro atoms. The maximum Gasteiger partial charge on any atom is 0.257 e. The van der Waals surface area contributed by atoms with Crippen molar-refractivity contribution < 1.29 is 9.90 Å². The normalized spacial score (nSPS) is 13.3. The molecule has 1 aromatic carbocycles. The number of aromatic nitrogens is 3. The van der Waals surface area contributed by atoms with Gasteiger partial charge in [0.25, 0.3) is 11.5 Å². The largest absolute Gasteiger partial charge is 0.507 e. The topological polar surface area (TPSA) is 99.2 Å². The van der Waals surface area contributed by atoms with Crippen LogP contribution in [0, 0.1) is 6.92 Å². The van der Waals surface area contributed by atoms with E-state index in [0.29, 0.717) is 35.6 Å². The van der Waals surface area contributed by atoms with E-state index in [1.54, 1.807) is 35.5 Å². The summed E-state index contributed by atoms with van der Waals surface area (Å²) >= 11 is 0. The molecular weight excluding hydrogens is 344 g/mol. The summed E-state index contributed by atoms with van der Waals surface area (Å²) in [5.74, 6) is 0.109. The first-order valence-electron chi connectivity index (χ1n) is 8.64. The molecule has 7 heteroatoms. The van der Waals surface area contributed by atoms with Gasteiger partial charge in [0.2, 0.25) is 0 Å². The number of aromatic amines is 1. The summed E-state index contributed by atoms with van der Waals surface area (Å²) in [6.07, 6.45) is 3.69. The Morgan fingerprint density at radius 3 is 2.93 bits per heavy atom. The first-order chi connectivity index (χ1) is 13.0. The van der Waals surface area contributed by atoms with E-state index >= 15 is 0 Å². The second-order valence-corrected chi connectivity index (χ2v) is 6.58. The molecule has 3 aromatic rings. The van der Waals surface area contributed by atoms with Crippen LogP contribution in [0.25, 0.3) is 11.4 Å². The molecular formula is C20H18N4O3. The molecule has 2 N–H and O–H groups in total. The van der Waals surface area contributed by atoms with E-state index in [2.05, 4.69) is 15.0 Å². The number of carbonyl (C=O) groups excluding carboxylic acids is 1. The monoisotopic (exact) mass is 362 g/mol.